The summed E-state index contributed by atoms with van der Waals surface area (Å²) in [6, 6.07) is 3.36. The molecule has 35 heavy (non-hydrogen) atoms. The number of methoxy groups -OCH3 is 1. The molecule has 0 aromatic carbocycles. The van der Waals surface area contributed by atoms with Crippen LogP contribution in [0.1, 0.15) is 71.8 Å². The fraction of sp³-hybridized carbons (Fsp3) is 0.759. The molecule has 9 atom stereocenters. The zero-order valence-electron chi connectivity index (χ0n) is 21.8. The third-order valence-electron chi connectivity index (χ3n) is 11.3. The summed E-state index contributed by atoms with van der Waals surface area (Å²) in [5, 5.41) is 23.8. The molecule has 192 valence electrons. The molecule has 0 bridgehead atoms. The van der Waals surface area contributed by atoms with E-state index < -0.39 is 16.4 Å². The molecule has 2 N–H and O–H groups in total. The van der Waals surface area contributed by atoms with Crippen LogP contribution in [0, 0.1) is 33.5 Å². The zero-order chi connectivity index (χ0) is 25.2. The van der Waals surface area contributed by atoms with Crippen molar-refractivity contribution in [2.45, 2.75) is 90.1 Å². The van der Waals surface area contributed by atoms with Crippen LogP contribution in [-0.2, 0) is 9.47 Å². The van der Waals surface area contributed by atoms with Crippen LogP contribution in [0.4, 0.5) is 0 Å². The second-order valence-electron chi connectivity index (χ2n) is 13.6. The smallest absolute Gasteiger partial charge is 0.335 e. The summed E-state index contributed by atoms with van der Waals surface area (Å²) in [6.45, 7) is 11.2. The lowest BCUT2D eigenvalue weighted by Crippen LogP contribution is -2.65. The molecule has 5 aliphatic rings. The van der Waals surface area contributed by atoms with Gasteiger partial charge in [0.1, 0.15) is 6.10 Å². The van der Waals surface area contributed by atoms with Crippen molar-refractivity contribution >= 4 is 0 Å². The van der Waals surface area contributed by atoms with E-state index in [-0.39, 0.29) is 59.1 Å². The fourth-order valence-corrected chi connectivity index (χ4v) is 10.2. The maximum absolute atomic E-state index is 12.7. The average molecular weight is 485 g/mol. The van der Waals surface area contributed by atoms with Crippen LogP contribution >= 0.6 is 0 Å². The summed E-state index contributed by atoms with van der Waals surface area (Å²) in [5.74, 6) is 0.322. The lowest BCUT2D eigenvalue weighted by atomic mass is 9.42. The van der Waals surface area contributed by atoms with Crippen molar-refractivity contribution in [2.24, 2.45) is 33.5 Å². The molecule has 1 aromatic rings. The first-order valence-electron chi connectivity index (χ1n) is 13.2. The molecule has 1 saturated heterocycles. The van der Waals surface area contributed by atoms with Crippen LogP contribution in [0.25, 0.3) is 0 Å². The molecule has 4 fully saturated rings. The van der Waals surface area contributed by atoms with E-state index in [1.165, 1.54) is 6.07 Å². The van der Waals surface area contributed by atoms with Crippen LogP contribution in [0.5, 0.6) is 0 Å². The topological polar surface area (TPSA) is 92.4 Å². The highest BCUT2D eigenvalue weighted by Gasteiger charge is 2.77. The summed E-state index contributed by atoms with van der Waals surface area (Å²) in [6.07, 6.45) is 7.03. The predicted octanol–water partition coefficient (Wildman–Crippen LogP) is 4.05. The molecule has 1 aromatic heterocycles. The highest BCUT2D eigenvalue weighted by molar-refractivity contribution is 5.42. The van der Waals surface area contributed by atoms with Gasteiger partial charge in [-0.25, -0.2) is 4.79 Å². The zero-order valence-corrected chi connectivity index (χ0v) is 21.8. The second-order valence-corrected chi connectivity index (χ2v) is 13.6. The number of fused-ring (bicyclic) bond motifs is 7. The molecular weight excluding hydrogens is 444 g/mol. The molecule has 6 rings (SSSR count). The molecule has 0 unspecified atom stereocenters. The van der Waals surface area contributed by atoms with Crippen molar-refractivity contribution in [1.82, 2.24) is 0 Å². The Morgan fingerprint density at radius 2 is 1.91 bits per heavy atom. The predicted molar refractivity (Wildman–Crippen MR) is 131 cm³/mol. The van der Waals surface area contributed by atoms with Crippen LogP contribution in [0.15, 0.2) is 39.3 Å². The van der Waals surface area contributed by atoms with E-state index >= 15 is 0 Å². The lowest BCUT2D eigenvalue weighted by molar-refractivity contribution is -0.157. The summed E-state index contributed by atoms with van der Waals surface area (Å²) >= 11 is 0. The van der Waals surface area contributed by atoms with Crippen LogP contribution < -0.4 is 5.63 Å². The Morgan fingerprint density at radius 1 is 1.17 bits per heavy atom. The van der Waals surface area contributed by atoms with Gasteiger partial charge in [0.05, 0.1) is 30.7 Å². The van der Waals surface area contributed by atoms with Crippen molar-refractivity contribution in [1.29, 1.82) is 0 Å². The number of aliphatic hydroxyl groups excluding tert-OH is 1. The van der Waals surface area contributed by atoms with Gasteiger partial charge in [-0.15, -0.1) is 0 Å². The van der Waals surface area contributed by atoms with Crippen LogP contribution in [0.3, 0.4) is 0 Å². The van der Waals surface area contributed by atoms with E-state index in [4.69, 9.17) is 13.9 Å². The number of aliphatic hydroxyl groups is 2. The van der Waals surface area contributed by atoms with Gasteiger partial charge in [0.2, 0.25) is 0 Å². The molecule has 6 heteroatoms. The SMILES string of the molecule is CO[C@H]1[C@H]2O[C@H]2[C@]2(CO)[C@H]3CC[C@]4(C)[C@@H](c5ccc(=O)oc5)C(C)(C)C[C@]4(O)C3=CC[C@H]2C1(C)C. The summed E-state index contributed by atoms with van der Waals surface area (Å²) < 4.78 is 17.5. The minimum absolute atomic E-state index is 0.000637. The Labute approximate surface area is 207 Å². The first-order valence-corrected chi connectivity index (χ1v) is 13.2. The fourth-order valence-electron chi connectivity index (χ4n) is 10.2. The molecule has 0 spiro atoms. The van der Waals surface area contributed by atoms with Gasteiger partial charge < -0.3 is 24.1 Å². The normalized spacial score (nSPS) is 48.7. The summed E-state index contributed by atoms with van der Waals surface area (Å²) in [4.78, 5) is 11.7. The molecule has 4 aliphatic carbocycles. The molecular formula is C29H40O6. The Balaban J connectivity index is 1.47. The van der Waals surface area contributed by atoms with Gasteiger partial charge in [-0.05, 0) is 65.6 Å². The van der Waals surface area contributed by atoms with E-state index in [1.807, 2.05) is 6.07 Å². The van der Waals surface area contributed by atoms with E-state index in [1.54, 1.807) is 13.4 Å². The van der Waals surface area contributed by atoms with Gasteiger partial charge in [-0.1, -0.05) is 40.7 Å². The summed E-state index contributed by atoms with van der Waals surface area (Å²) in [7, 11) is 1.77. The van der Waals surface area contributed by atoms with Crippen molar-refractivity contribution in [3.63, 3.8) is 0 Å². The third kappa shape index (κ3) is 2.72. The van der Waals surface area contributed by atoms with E-state index in [2.05, 4.69) is 40.7 Å². The van der Waals surface area contributed by atoms with Gasteiger partial charge in [0.25, 0.3) is 0 Å². The number of epoxide rings is 1. The van der Waals surface area contributed by atoms with Crippen molar-refractivity contribution in [2.75, 3.05) is 13.7 Å². The molecule has 3 saturated carbocycles. The Kier molecular flexibility index (Phi) is 4.84. The highest BCUT2D eigenvalue weighted by Crippen LogP contribution is 2.75. The Bertz CT molecular complexity index is 1110. The minimum Gasteiger partial charge on any atom is -0.431 e. The number of rotatable bonds is 3. The molecule has 6 nitrogen and oxygen atoms in total. The number of hydrogen-bond acceptors (Lipinski definition) is 6. The highest BCUT2D eigenvalue weighted by atomic mass is 16.6. The van der Waals surface area contributed by atoms with Gasteiger partial charge in [0.15, 0.2) is 0 Å². The first-order chi connectivity index (χ1) is 16.4. The second kappa shape index (κ2) is 7.09. The molecule has 0 radical (unpaired) electrons. The van der Waals surface area contributed by atoms with Gasteiger partial charge >= 0.3 is 5.63 Å². The lowest BCUT2D eigenvalue weighted by Gasteiger charge is -2.62. The molecule has 1 aliphatic heterocycles. The standard InChI is InChI=1S/C29H40O6/c1-25(2)14-29(32)18-8-9-19-26(3,4)23(33-6)21-24(35-21)28(19,15-30)17(18)11-12-27(29,5)22(25)16-7-10-20(31)34-13-16/h7-8,10,13,17,19,21-24,30,32H,9,11-12,14-15H2,1-6H3/t17-,19-,21+,22-,23-,24+,27+,28+,29-/m0/s1. The maximum Gasteiger partial charge on any atom is 0.335 e. The van der Waals surface area contributed by atoms with Crippen molar-refractivity contribution < 1.29 is 24.1 Å². The van der Waals surface area contributed by atoms with E-state index in [0.29, 0.717) is 6.42 Å². The van der Waals surface area contributed by atoms with Crippen molar-refractivity contribution in [3.8, 4) is 0 Å². The molecule has 2 heterocycles. The largest absolute Gasteiger partial charge is 0.431 e. The average Bonchev–Trinajstić information content (AvgIpc) is 3.54. The third-order valence-corrected chi connectivity index (χ3v) is 11.3. The van der Waals surface area contributed by atoms with Gasteiger partial charge in [-0.3, -0.25) is 0 Å². The Morgan fingerprint density at radius 3 is 2.54 bits per heavy atom. The maximum atomic E-state index is 12.7. The molecule has 0 amide bonds. The number of hydrogen-bond donors (Lipinski definition) is 2. The quantitative estimate of drug-likeness (QED) is 0.497. The van der Waals surface area contributed by atoms with Crippen molar-refractivity contribution in [3.05, 3.63) is 46.0 Å². The number of allylic oxidation sites excluding steroid dienone is 1. The summed E-state index contributed by atoms with van der Waals surface area (Å²) in [5.41, 5.74) is -0.450. The van der Waals surface area contributed by atoms with Gasteiger partial charge in [-0.2, -0.15) is 0 Å². The Hall–Kier alpha value is -1.47. The van der Waals surface area contributed by atoms with Crippen LogP contribution in [-0.4, -0.2) is 47.8 Å². The minimum atomic E-state index is -1.00. The van der Waals surface area contributed by atoms with Crippen LogP contribution in [0.2, 0.25) is 0 Å². The number of ether oxygens (including phenoxy) is 2. The van der Waals surface area contributed by atoms with E-state index in [0.717, 1.165) is 30.4 Å². The van der Waals surface area contributed by atoms with Gasteiger partial charge in [0, 0.05) is 29.9 Å². The first kappa shape index (κ1) is 23.9. The monoisotopic (exact) mass is 484 g/mol. The van der Waals surface area contributed by atoms with E-state index in [9.17, 15) is 15.0 Å².